The van der Waals surface area contributed by atoms with Crippen molar-refractivity contribution in [3.05, 3.63) is 24.0 Å². The van der Waals surface area contributed by atoms with Crippen LogP contribution in [0.3, 0.4) is 0 Å². The van der Waals surface area contributed by atoms with Crippen LogP contribution in [0, 0.1) is 5.92 Å². The largest absolute Gasteiger partial charge is 0.481 e. The molecular weight excluding hydrogens is 256 g/mol. The second-order valence-corrected chi connectivity index (χ2v) is 5.44. The molecule has 5 heteroatoms. The quantitative estimate of drug-likeness (QED) is 0.898. The summed E-state index contributed by atoms with van der Waals surface area (Å²) in [4.78, 5) is 25.2. The molecule has 0 spiro atoms. The highest BCUT2D eigenvalue weighted by Crippen LogP contribution is 2.21. The van der Waals surface area contributed by atoms with Gasteiger partial charge in [0.25, 0.3) is 5.91 Å². The molecule has 2 rings (SSSR count). The highest BCUT2D eigenvalue weighted by molar-refractivity contribution is 5.92. The van der Waals surface area contributed by atoms with Crippen LogP contribution in [-0.2, 0) is 11.3 Å². The summed E-state index contributed by atoms with van der Waals surface area (Å²) in [7, 11) is 0. The van der Waals surface area contributed by atoms with Crippen LogP contribution in [0.2, 0.25) is 0 Å². The average molecular weight is 278 g/mol. The predicted octanol–water partition coefficient (Wildman–Crippen LogP) is 2.22. The van der Waals surface area contributed by atoms with Crippen LogP contribution in [-0.4, -0.2) is 39.5 Å². The second kappa shape index (κ2) is 6.59. The Kier molecular flexibility index (Phi) is 4.82. The van der Waals surface area contributed by atoms with Gasteiger partial charge in [0.2, 0.25) is 0 Å². The number of nitrogens with zero attached hydrogens (tertiary/aromatic N) is 2. The van der Waals surface area contributed by atoms with E-state index in [-0.39, 0.29) is 18.2 Å². The number of aryl methyl sites for hydroxylation is 1. The molecule has 1 aliphatic heterocycles. The van der Waals surface area contributed by atoms with Gasteiger partial charge in [0, 0.05) is 32.3 Å². The minimum atomic E-state index is -0.779. The highest BCUT2D eigenvalue weighted by atomic mass is 16.4. The van der Waals surface area contributed by atoms with Crippen molar-refractivity contribution in [2.45, 2.75) is 39.2 Å². The number of aromatic nitrogens is 1. The number of carboxylic acids is 1. The van der Waals surface area contributed by atoms with Gasteiger partial charge >= 0.3 is 5.97 Å². The molecule has 0 saturated carbocycles. The first kappa shape index (κ1) is 14.6. The minimum absolute atomic E-state index is 0.0264. The van der Waals surface area contributed by atoms with Crippen LogP contribution in [0.4, 0.5) is 0 Å². The molecular formula is C15H22N2O3. The first-order chi connectivity index (χ1) is 9.61. The number of carbonyl (C=O) groups is 2. The van der Waals surface area contributed by atoms with Gasteiger partial charge in [-0.15, -0.1) is 0 Å². The fraction of sp³-hybridized carbons (Fsp3) is 0.600. The van der Waals surface area contributed by atoms with Crippen molar-refractivity contribution in [1.82, 2.24) is 9.47 Å². The summed E-state index contributed by atoms with van der Waals surface area (Å²) in [6.45, 7) is 4.20. The Bertz CT molecular complexity index is 481. The van der Waals surface area contributed by atoms with Gasteiger partial charge in [0.15, 0.2) is 0 Å². The number of rotatable bonds is 5. The number of carboxylic acid groups (broad SMARTS) is 1. The lowest BCUT2D eigenvalue weighted by Gasteiger charge is -2.32. The number of likely N-dealkylation sites (tertiary alicyclic amines) is 1. The van der Waals surface area contributed by atoms with E-state index in [9.17, 15) is 9.59 Å². The van der Waals surface area contributed by atoms with E-state index < -0.39 is 5.97 Å². The molecule has 1 aliphatic rings. The Morgan fingerprint density at radius 1 is 1.45 bits per heavy atom. The van der Waals surface area contributed by atoms with Gasteiger partial charge in [0.1, 0.15) is 5.69 Å². The molecule has 1 aromatic rings. The molecule has 1 aromatic heterocycles. The third kappa shape index (κ3) is 3.40. The summed E-state index contributed by atoms with van der Waals surface area (Å²) in [5.41, 5.74) is 0.711. The Hall–Kier alpha value is -1.78. The third-order valence-electron chi connectivity index (χ3n) is 3.78. The zero-order valence-electron chi connectivity index (χ0n) is 11.9. The lowest BCUT2D eigenvalue weighted by Crippen LogP contribution is -2.41. The van der Waals surface area contributed by atoms with Gasteiger partial charge in [-0.1, -0.05) is 6.92 Å². The Morgan fingerprint density at radius 3 is 2.95 bits per heavy atom. The van der Waals surface area contributed by atoms with Gasteiger partial charge < -0.3 is 14.6 Å². The predicted molar refractivity (Wildman–Crippen MR) is 75.6 cm³/mol. The third-order valence-corrected chi connectivity index (χ3v) is 3.78. The molecule has 5 nitrogen and oxygen atoms in total. The van der Waals surface area contributed by atoms with Crippen molar-refractivity contribution >= 4 is 11.9 Å². The SMILES string of the molecule is CCCn1cccc1C(=O)N1CCCC(CC(=O)O)C1. The van der Waals surface area contributed by atoms with E-state index in [2.05, 4.69) is 6.92 Å². The monoisotopic (exact) mass is 278 g/mol. The number of hydrogen-bond acceptors (Lipinski definition) is 2. The number of amides is 1. The van der Waals surface area contributed by atoms with Crippen molar-refractivity contribution in [1.29, 1.82) is 0 Å². The summed E-state index contributed by atoms with van der Waals surface area (Å²) >= 11 is 0. The minimum Gasteiger partial charge on any atom is -0.481 e. The standard InChI is InChI=1S/C15H22N2O3/c1-2-7-16-8-4-6-13(16)15(20)17-9-3-5-12(11-17)10-14(18)19/h4,6,8,12H,2-3,5,7,9-11H2,1H3,(H,18,19). The molecule has 110 valence electrons. The molecule has 1 unspecified atom stereocenters. The lowest BCUT2D eigenvalue weighted by molar-refractivity contribution is -0.138. The van der Waals surface area contributed by atoms with Crippen LogP contribution in [0.5, 0.6) is 0 Å². The number of aliphatic carboxylic acids is 1. The average Bonchev–Trinajstić information content (AvgIpc) is 2.86. The molecule has 0 aromatic carbocycles. The van der Waals surface area contributed by atoms with Gasteiger partial charge in [-0.3, -0.25) is 9.59 Å². The van der Waals surface area contributed by atoms with Crippen LogP contribution in [0.25, 0.3) is 0 Å². The van der Waals surface area contributed by atoms with Crippen molar-refractivity contribution in [2.75, 3.05) is 13.1 Å². The fourth-order valence-corrected chi connectivity index (χ4v) is 2.87. The molecule has 1 fully saturated rings. The molecule has 0 bridgehead atoms. The van der Waals surface area contributed by atoms with Gasteiger partial charge in [-0.2, -0.15) is 0 Å². The van der Waals surface area contributed by atoms with Gasteiger partial charge in [-0.25, -0.2) is 0 Å². The van der Waals surface area contributed by atoms with Crippen LogP contribution in [0.15, 0.2) is 18.3 Å². The van der Waals surface area contributed by atoms with Gasteiger partial charge in [-0.05, 0) is 37.3 Å². The lowest BCUT2D eigenvalue weighted by atomic mass is 9.94. The highest BCUT2D eigenvalue weighted by Gasteiger charge is 2.27. The Labute approximate surface area is 119 Å². The van der Waals surface area contributed by atoms with Crippen molar-refractivity contribution < 1.29 is 14.7 Å². The van der Waals surface area contributed by atoms with Crippen molar-refractivity contribution in [3.8, 4) is 0 Å². The first-order valence-electron chi connectivity index (χ1n) is 7.28. The van der Waals surface area contributed by atoms with E-state index in [1.165, 1.54) is 0 Å². The fourth-order valence-electron chi connectivity index (χ4n) is 2.87. The van der Waals surface area contributed by atoms with Crippen LogP contribution >= 0.6 is 0 Å². The van der Waals surface area contributed by atoms with Crippen molar-refractivity contribution in [2.24, 2.45) is 5.92 Å². The smallest absolute Gasteiger partial charge is 0.303 e. The topological polar surface area (TPSA) is 62.5 Å². The molecule has 0 radical (unpaired) electrons. The van der Waals surface area contributed by atoms with E-state index in [0.717, 1.165) is 32.4 Å². The summed E-state index contributed by atoms with van der Waals surface area (Å²) in [6, 6.07) is 3.74. The van der Waals surface area contributed by atoms with Gasteiger partial charge in [0.05, 0.1) is 0 Å². The van der Waals surface area contributed by atoms with E-state index in [4.69, 9.17) is 5.11 Å². The molecule has 1 amide bonds. The van der Waals surface area contributed by atoms with Crippen LogP contribution < -0.4 is 0 Å². The Morgan fingerprint density at radius 2 is 2.25 bits per heavy atom. The first-order valence-corrected chi connectivity index (χ1v) is 7.28. The zero-order valence-corrected chi connectivity index (χ0v) is 11.9. The summed E-state index contributed by atoms with van der Waals surface area (Å²) in [5, 5.41) is 8.88. The number of carbonyl (C=O) groups excluding carboxylic acids is 1. The molecule has 1 saturated heterocycles. The maximum absolute atomic E-state index is 12.5. The Balaban J connectivity index is 2.04. The van der Waals surface area contributed by atoms with E-state index in [1.54, 1.807) is 4.90 Å². The summed E-state index contributed by atoms with van der Waals surface area (Å²) in [6.07, 6.45) is 4.84. The van der Waals surface area contributed by atoms with E-state index in [0.29, 0.717) is 12.2 Å². The number of hydrogen-bond donors (Lipinski definition) is 1. The molecule has 1 N–H and O–H groups in total. The molecule has 20 heavy (non-hydrogen) atoms. The van der Waals surface area contributed by atoms with E-state index >= 15 is 0 Å². The van der Waals surface area contributed by atoms with Crippen molar-refractivity contribution in [3.63, 3.8) is 0 Å². The van der Waals surface area contributed by atoms with Crippen LogP contribution in [0.1, 0.15) is 43.1 Å². The molecule has 1 atom stereocenters. The summed E-state index contributed by atoms with van der Waals surface area (Å²) in [5.74, 6) is -0.669. The maximum atomic E-state index is 12.5. The maximum Gasteiger partial charge on any atom is 0.303 e. The molecule has 0 aliphatic carbocycles. The molecule has 2 heterocycles. The van der Waals surface area contributed by atoms with E-state index in [1.807, 2.05) is 22.9 Å². The second-order valence-electron chi connectivity index (χ2n) is 5.44. The number of piperidine rings is 1. The zero-order chi connectivity index (χ0) is 14.5. The summed E-state index contributed by atoms with van der Waals surface area (Å²) < 4.78 is 1.98. The normalized spacial score (nSPS) is 19.1.